The zero-order valence-electron chi connectivity index (χ0n) is 17.0. The van der Waals surface area contributed by atoms with Gasteiger partial charge in [0.25, 0.3) is 5.91 Å². The van der Waals surface area contributed by atoms with E-state index in [4.69, 9.17) is 0 Å². The molecule has 1 heterocycles. The lowest BCUT2D eigenvalue weighted by molar-refractivity contribution is 0.0922. The Morgan fingerprint density at radius 1 is 1.07 bits per heavy atom. The third-order valence-corrected chi connectivity index (χ3v) is 5.03. The maximum atomic E-state index is 14.3. The number of halogens is 1. The molecule has 0 aliphatic heterocycles. The quantitative estimate of drug-likeness (QED) is 0.673. The lowest BCUT2D eigenvalue weighted by Gasteiger charge is -2.18. The van der Waals surface area contributed by atoms with Crippen molar-refractivity contribution in [2.75, 3.05) is 0 Å². The minimum absolute atomic E-state index is 0.00637. The molecule has 5 heteroatoms. The molecule has 0 unspecified atom stereocenters. The molecule has 0 saturated carbocycles. The van der Waals surface area contributed by atoms with Gasteiger partial charge >= 0.3 is 0 Å². The van der Waals surface area contributed by atoms with E-state index in [1.165, 1.54) is 6.07 Å². The van der Waals surface area contributed by atoms with Crippen LogP contribution in [0.2, 0.25) is 0 Å². The van der Waals surface area contributed by atoms with Crippen LogP contribution in [0.1, 0.15) is 42.4 Å². The van der Waals surface area contributed by atoms with E-state index < -0.39 is 0 Å². The lowest BCUT2D eigenvalue weighted by atomic mass is 10.1. The van der Waals surface area contributed by atoms with Crippen molar-refractivity contribution in [3.8, 4) is 16.9 Å². The molecule has 0 aliphatic carbocycles. The summed E-state index contributed by atoms with van der Waals surface area (Å²) in [6.45, 7) is 10.1. The highest BCUT2D eigenvalue weighted by Crippen LogP contribution is 2.26. The first-order chi connectivity index (χ1) is 13.3. The van der Waals surface area contributed by atoms with Gasteiger partial charge in [0.1, 0.15) is 11.5 Å². The first-order valence-electron chi connectivity index (χ1n) is 9.51. The largest absolute Gasteiger partial charge is 0.348 e. The highest BCUT2D eigenvalue weighted by molar-refractivity contribution is 5.94. The lowest BCUT2D eigenvalue weighted by Crippen LogP contribution is -2.37. The van der Waals surface area contributed by atoms with Crippen molar-refractivity contribution in [2.45, 2.75) is 40.7 Å². The van der Waals surface area contributed by atoms with Gasteiger partial charge in [-0.2, -0.15) is 5.10 Å². The van der Waals surface area contributed by atoms with Crippen LogP contribution in [0.4, 0.5) is 4.39 Å². The Morgan fingerprint density at radius 2 is 1.79 bits per heavy atom. The molecular weight excluding hydrogens is 353 g/mol. The monoisotopic (exact) mass is 379 g/mol. The Bertz CT molecular complexity index is 1010. The molecular formula is C23H26FN3O. The Kier molecular flexibility index (Phi) is 5.63. The molecule has 0 bridgehead atoms. The van der Waals surface area contributed by atoms with Crippen LogP contribution in [-0.2, 0) is 0 Å². The van der Waals surface area contributed by atoms with Gasteiger partial charge in [-0.1, -0.05) is 43.7 Å². The minimum atomic E-state index is -0.365. The van der Waals surface area contributed by atoms with Gasteiger partial charge < -0.3 is 5.32 Å². The fraction of sp³-hybridized carbons (Fsp3) is 0.304. The molecule has 4 nitrogen and oxygen atoms in total. The first kappa shape index (κ1) is 19.8. The van der Waals surface area contributed by atoms with Gasteiger partial charge in [-0.25, -0.2) is 9.07 Å². The van der Waals surface area contributed by atoms with E-state index in [0.29, 0.717) is 22.9 Å². The molecule has 2 aromatic carbocycles. The summed E-state index contributed by atoms with van der Waals surface area (Å²) in [5.41, 5.74) is 4.11. The molecule has 0 aliphatic rings. The number of hydrogen-bond acceptors (Lipinski definition) is 2. The number of nitrogens with one attached hydrogen (secondary N) is 1. The summed E-state index contributed by atoms with van der Waals surface area (Å²) in [7, 11) is 0. The molecule has 0 fully saturated rings. The van der Waals surface area contributed by atoms with Gasteiger partial charge in [0.2, 0.25) is 0 Å². The molecule has 1 aromatic heterocycles. The number of carbonyl (C=O) groups excluding carboxylic acids is 1. The average molecular weight is 379 g/mol. The number of carbonyl (C=O) groups is 1. The molecule has 1 atom stereocenters. The van der Waals surface area contributed by atoms with Gasteiger partial charge in [0.05, 0.1) is 11.4 Å². The Morgan fingerprint density at radius 3 is 2.43 bits per heavy atom. The first-order valence-corrected chi connectivity index (χ1v) is 9.51. The van der Waals surface area contributed by atoms with Crippen LogP contribution in [-0.4, -0.2) is 21.7 Å². The second-order valence-electron chi connectivity index (χ2n) is 7.60. The van der Waals surface area contributed by atoms with Crippen LogP contribution in [0.5, 0.6) is 0 Å². The topological polar surface area (TPSA) is 46.9 Å². The second-order valence-corrected chi connectivity index (χ2v) is 7.60. The molecule has 1 amide bonds. The minimum Gasteiger partial charge on any atom is -0.348 e. The average Bonchev–Trinajstić information content (AvgIpc) is 3.06. The maximum Gasteiger partial charge on any atom is 0.270 e. The van der Waals surface area contributed by atoms with Crippen LogP contribution >= 0.6 is 0 Å². The van der Waals surface area contributed by atoms with Crippen molar-refractivity contribution in [1.29, 1.82) is 0 Å². The number of hydrogen-bond donors (Lipinski definition) is 1. The van der Waals surface area contributed by atoms with Crippen LogP contribution in [0.15, 0.2) is 48.5 Å². The van der Waals surface area contributed by atoms with Crippen molar-refractivity contribution in [3.05, 3.63) is 71.2 Å². The highest BCUT2D eigenvalue weighted by atomic mass is 19.1. The van der Waals surface area contributed by atoms with E-state index in [1.54, 1.807) is 28.9 Å². The third kappa shape index (κ3) is 3.98. The molecule has 3 rings (SSSR count). The number of aromatic nitrogens is 2. The van der Waals surface area contributed by atoms with Crippen LogP contribution < -0.4 is 5.32 Å². The molecule has 0 spiro atoms. The second kappa shape index (κ2) is 7.97. The fourth-order valence-electron chi connectivity index (χ4n) is 3.02. The van der Waals surface area contributed by atoms with E-state index in [2.05, 4.69) is 24.3 Å². The van der Waals surface area contributed by atoms with Gasteiger partial charge in [0.15, 0.2) is 0 Å². The van der Waals surface area contributed by atoms with Crippen LogP contribution in [0.3, 0.4) is 0 Å². The molecule has 0 saturated heterocycles. The summed E-state index contributed by atoms with van der Waals surface area (Å²) in [6, 6.07) is 14.1. The van der Waals surface area contributed by atoms with Crippen LogP contribution in [0.25, 0.3) is 16.9 Å². The Balaban J connectivity index is 2.13. The predicted molar refractivity (Wildman–Crippen MR) is 110 cm³/mol. The summed E-state index contributed by atoms with van der Waals surface area (Å²) in [4.78, 5) is 13.0. The van der Waals surface area contributed by atoms with Crippen molar-refractivity contribution in [2.24, 2.45) is 5.92 Å². The van der Waals surface area contributed by atoms with E-state index in [1.807, 2.05) is 39.0 Å². The number of amides is 1. The van der Waals surface area contributed by atoms with Crippen molar-refractivity contribution in [3.63, 3.8) is 0 Å². The number of rotatable bonds is 5. The Hall–Kier alpha value is -2.95. The van der Waals surface area contributed by atoms with Gasteiger partial charge in [-0.05, 0) is 56.5 Å². The molecule has 146 valence electrons. The van der Waals surface area contributed by atoms with Crippen LogP contribution in [0, 0.1) is 25.6 Å². The Labute approximate surface area is 165 Å². The fourth-order valence-corrected chi connectivity index (χ4v) is 3.02. The zero-order valence-corrected chi connectivity index (χ0v) is 17.0. The van der Waals surface area contributed by atoms with E-state index in [9.17, 15) is 9.18 Å². The van der Waals surface area contributed by atoms with Gasteiger partial charge in [0, 0.05) is 11.6 Å². The predicted octanol–water partition coefficient (Wildman–Crippen LogP) is 5.07. The molecule has 1 N–H and O–H groups in total. The normalized spacial score (nSPS) is 12.2. The van der Waals surface area contributed by atoms with E-state index >= 15 is 0 Å². The molecule has 28 heavy (non-hydrogen) atoms. The van der Waals surface area contributed by atoms with Crippen molar-refractivity contribution < 1.29 is 9.18 Å². The summed E-state index contributed by atoms with van der Waals surface area (Å²) < 4.78 is 15.9. The van der Waals surface area contributed by atoms with Gasteiger partial charge in [-0.3, -0.25) is 4.79 Å². The number of benzene rings is 2. The summed E-state index contributed by atoms with van der Waals surface area (Å²) in [5.74, 6) is -0.293. The summed E-state index contributed by atoms with van der Waals surface area (Å²) in [6.07, 6.45) is 0. The van der Waals surface area contributed by atoms with Gasteiger partial charge in [-0.15, -0.1) is 0 Å². The summed E-state index contributed by atoms with van der Waals surface area (Å²) >= 11 is 0. The molecule has 0 radical (unpaired) electrons. The maximum absolute atomic E-state index is 14.3. The SMILES string of the molecule is Cc1ccc(-n2nc(-c3ccccc3F)cc2C(=O)N[C@@H](C)C(C)C)c(C)c1. The zero-order chi connectivity index (χ0) is 20.4. The molecule has 3 aromatic rings. The third-order valence-electron chi connectivity index (χ3n) is 5.03. The van der Waals surface area contributed by atoms with E-state index in [0.717, 1.165) is 16.8 Å². The summed E-state index contributed by atoms with van der Waals surface area (Å²) in [5, 5.41) is 7.61. The number of aryl methyl sites for hydroxylation is 2. The number of nitrogens with zero attached hydrogens (tertiary/aromatic N) is 2. The smallest absolute Gasteiger partial charge is 0.270 e. The van der Waals surface area contributed by atoms with E-state index in [-0.39, 0.29) is 17.8 Å². The van der Waals surface area contributed by atoms with Crippen molar-refractivity contribution >= 4 is 5.91 Å². The standard InChI is InChI=1S/C23H26FN3O/c1-14(2)17(5)25-23(28)22-13-20(18-8-6-7-9-19(18)24)26-27(22)21-11-10-15(3)12-16(21)4/h6-14,17H,1-5H3,(H,25,28)/t17-/m0/s1. The van der Waals surface area contributed by atoms with Crippen molar-refractivity contribution in [1.82, 2.24) is 15.1 Å². The highest BCUT2D eigenvalue weighted by Gasteiger charge is 2.21.